The molecule has 0 aliphatic carbocycles. The van der Waals surface area contributed by atoms with Crippen molar-refractivity contribution in [3.8, 4) is 0 Å². The van der Waals surface area contributed by atoms with Gasteiger partial charge in [0.05, 0.1) is 5.75 Å². The Morgan fingerprint density at radius 1 is 1.58 bits per heavy atom. The second-order valence-corrected chi connectivity index (χ2v) is 3.75. The second kappa shape index (κ2) is 3.61. The first kappa shape index (κ1) is 9.79. The molecule has 1 aliphatic rings. The summed E-state index contributed by atoms with van der Waals surface area (Å²) < 4.78 is 0. The Labute approximate surface area is 74.0 Å². The van der Waals surface area contributed by atoms with Crippen LogP contribution in [0.2, 0.25) is 0 Å². The van der Waals surface area contributed by atoms with Crippen molar-refractivity contribution in [2.24, 2.45) is 0 Å². The maximum atomic E-state index is 10.3. The lowest BCUT2D eigenvalue weighted by Crippen LogP contribution is -2.56. The Bertz CT molecular complexity index is 184. The summed E-state index contributed by atoms with van der Waals surface area (Å²) in [5.74, 6) is -2.13. The van der Waals surface area contributed by atoms with E-state index in [9.17, 15) is 15.0 Å². The van der Waals surface area contributed by atoms with Crippen LogP contribution >= 0.6 is 11.8 Å². The molecular formula is C6H11NO4S. The molecule has 12 heavy (non-hydrogen) atoms. The van der Waals surface area contributed by atoms with Crippen molar-refractivity contribution < 1.29 is 20.1 Å². The number of aliphatic hydroxyl groups is 2. The topological polar surface area (TPSA) is 81.0 Å². The van der Waals surface area contributed by atoms with E-state index in [1.54, 1.807) is 0 Å². The van der Waals surface area contributed by atoms with Gasteiger partial charge in [0, 0.05) is 12.3 Å². The highest BCUT2D eigenvalue weighted by atomic mass is 32.2. The summed E-state index contributed by atoms with van der Waals surface area (Å²) in [7, 11) is 0. The van der Waals surface area contributed by atoms with Gasteiger partial charge in [0.1, 0.15) is 6.54 Å². The number of carboxylic acid groups (broad SMARTS) is 1. The maximum absolute atomic E-state index is 10.3. The molecule has 0 spiro atoms. The molecule has 3 N–H and O–H groups in total. The minimum absolute atomic E-state index is 0.139. The minimum atomic E-state index is -1.96. The molecule has 1 heterocycles. The highest BCUT2D eigenvalue weighted by molar-refractivity contribution is 7.99. The van der Waals surface area contributed by atoms with Gasteiger partial charge in [-0.2, -0.15) is 11.8 Å². The van der Waals surface area contributed by atoms with Crippen LogP contribution in [0.1, 0.15) is 0 Å². The van der Waals surface area contributed by atoms with Gasteiger partial charge in [-0.05, 0) is 0 Å². The molecule has 1 saturated heterocycles. The van der Waals surface area contributed by atoms with Gasteiger partial charge in [-0.3, -0.25) is 4.79 Å². The SMILES string of the molecule is O=C(O)CN1CCSCC1(O)O. The van der Waals surface area contributed by atoms with Gasteiger partial charge in [0.25, 0.3) is 0 Å². The van der Waals surface area contributed by atoms with Gasteiger partial charge in [-0.1, -0.05) is 0 Å². The lowest BCUT2D eigenvalue weighted by atomic mass is 10.4. The van der Waals surface area contributed by atoms with Gasteiger partial charge in [0.2, 0.25) is 5.91 Å². The van der Waals surface area contributed by atoms with Crippen LogP contribution in [0, 0.1) is 0 Å². The second-order valence-electron chi connectivity index (χ2n) is 2.64. The molecule has 0 aromatic carbocycles. The quantitative estimate of drug-likeness (QED) is 0.476. The highest BCUT2D eigenvalue weighted by Gasteiger charge is 2.35. The molecule has 1 rings (SSSR count). The van der Waals surface area contributed by atoms with Gasteiger partial charge in [0.15, 0.2) is 0 Å². The van der Waals surface area contributed by atoms with E-state index in [-0.39, 0.29) is 12.3 Å². The third-order valence-electron chi connectivity index (χ3n) is 1.63. The number of hydrogen-bond acceptors (Lipinski definition) is 5. The van der Waals surface area contributed by atoms with Gasteiger partial charge < -0.3 is 15.3 Å². The minimum Gasteiger partial charge on any atom is -0.480 e. The Kier molecular flexibility index (Phi) is 2.94. The van der Waals surface area contributed by atoms with Crippen LogP contribution < -0.4 is 0 Å². The fraction of sp³-hybridized carbons (Fsp3) is 0.833. The lowest BCUT2D eigenvalue weighted by Gasteiger charge is -2.37. The normalized spacial score (nSPS) is 23.8. The summed E-state index contributed by atoms with van der Waals surface area (Å²) in [5.41, 5.74) is 0. The summed E-state index contributed by atoms with van der Waals surface area (Å²) >= 11 is 1.40. The van der Waals surface area contributed by atoms with Crippen LogP contribution in [0.15, 0.2) is 0 Å². The average molecular weight is 193 g/mol. The largest absolute Gasteiger partial charge is 0.480 e. The molecule has 0 amide bonds. The molecule has 5 nitrogen and oxygen atoms in total. The summed E-state index contributed by atoms with van der Waals surface area (Å²) in [6.07, 6.45) is 0. The summed E-state index contributed by atoms with van der Waals surface area (Å²) in [6, 6.07) is 0. The molecule has 6 heteroatoms. The zero-order valence-corrected chi connectivity index (χ0v) is 7.25. The highest BCUT2D eigenvalue weighted by Crippen LogP contribution is 2.21. The molecule has 0 atom stereocenters. The first-order valence-corrected chi connectivity index (χ1v) is 4.67. The molecule has 0 bridgehead atoms. The monoisotopic (exact) mass is 193 g/mol. The van der Waals surface area contributed by atoms with Crippen LogP contribution in [0.3, 0.4) is 0 Å². The van der Waals surface area contributed by atoms with E-state index in [1.807, 2.05) is 0 Å². The molecule has 70 valence electrons. The zero-order chi connectivity index (χ0) is 9.19. The number of aliphatic carboxylic acids is 1. The van der Waals surface area contributed by atoms with E-state index in [4.69, 9.17) is 5.11 Å². The third-order valence-corrected chi connectivity index (χ3v) is 2.70. The summed E-state index contributed by atoms with van der Waals surface area (Å²) in [4.78, 5) is 11.4. The fourth-order valence-electron chi connectivity index (χ4n) is 1.02. The van der Waals surface area contributed by atoms with Gasteiger partial charge in [-0.25, -0.2) is 4.90 Å². The van der Waals surface area contributed by atoms with E-state index < -0.39 is 11.9 Å². The van der Waals surface area contributed by atoms with Gasteiger partial charge in [-0.15, -0.1) is 0 Å². The van der Waals surface area contributed by atoms with E-state index in [0.29, 0.717) is 6.54 Å². The van der Waals surface area contributed by atoms with Crippen molar-refractivity contribution in [2.45, 2.75) is 5.91 Å². The Morgan fingerprint density at radius 3 is 2.75 bits per heavy atom. The standard InChI is InChI=1S/C6H11NO4S/c8-5(9)3-7-1-2-12-4-6(7,10)11/h10-11H,1-4H2,(H,8,9). The van der Waals surface area contributed by atoms with Crippen LogP contribution in [0.25, 0.3) is 0 Å². The lowest BCUT2D eigenvalue weighted by molar-refractivity contribution is -0.247. The molecule has 0 aromatic rings. The Balaban J connectivity index is 2.54. The zero-order valence-electron chi connectivity index (χ0n) is 6.43. The van der Waals surface area contributed by atoms with Crippen molar-refractivity contribution in [1.29, 1.82) is 0 Å². The summed E-state index contributed by atoms with van der Waals surface area (Å²) in [6.45, 7) is 0.0670. The maximum Gasteiger partial charge on any atom is 0.317 e. The molecule has 0 radical (unpaired) electrons. The van der Waals surface area contributed by atoms with Crippen LogP contribution in [0.5, 0.6) is 0 Å². The van der Waals surface area contributed by atoms with Crippen molar-refractivity contribution in [3.63, 3.8) is 0 Å². The smallest absolute Gasteiger partial charge is 0.317 e. The van der Waals surface area contributed by atoms with Crippen LogP contribution in [0.4, 0.5) is 0 Å². The van der Waals surface area contributed by atoms with E-state index >= 15 is 0 Å². The van der Waals surface area contributed by atoms with Crippen molar-refractivity contribution in [3.05, 3.63) is 0 Å². The molecule has 0 saturated carbocycles. The van der Waals surface area contributed by atoms with E-state index in [2.05, 4.69) is 0 Å². The summed E-state index contributed by atoms with van der Waals surface area (Å²) in [5, 5.41) is 27.0. The molecular weight excluding hydrogens is 182 g/mol. The molecule has 0 aromatic heterocycles. The average Bonchev–Trinajstić information content (AvgIpc) is 1.92. The van der Waals surface area contributed by atoms with Crippen LogP contribution in [-0.2, 0) is 4.79 Å². The third kappa shape index (κ3) is 2.34. The van der Waals surface area contributed by atoms with Crippen molar-refractivity contribution in [1.82, 2.24) is 4.90 Å². The van der Waals surface area contributed by atoms with Gasteiger partial charge >= 0.3 is 5.97 Å². The first-order chi connectivity index (χ1) is 5.52. The molecule has 0 unspecified atom stereocenters. The predicted octanol–water partition coefficient (Wildman–Crippen LogP) is -1.24. The number of hydrogen-bond donors (Lipinski definition) is 3. The Hall–Kier alpha value is -0.300. The molecule has 1 aliphatic heterocycles. The number of nitrogens with zero attached hydrogens (tertiary/aromatic N) is 1. The van der Waals surface area contributed by atoms with E-state index in [0.717, 1.165) is 10.7 Å². The van der Waals surface area contributed by atoms with Crippen molar-refractivity contribution >= 4 is 17.7 Å². The number of carboxylic acids is 1. The van der Waals surface area contributed by atoms with E-state index in [1.165, 1.54) is 11.8 Å². The number of carbonyl (C=O) groups is 1. The number of rotatable bonds is 2. The Morgan fingerprint density at radius 2 is 2.25 bits per heavy atom. The fourth-order valence-corrected chi connectivity index (χ4v) is 1.97. The van der Waals surface area contributed by atoms with Crippen molar-refractivity contribution in [2.75, 3.05) is 24.6 Å². The van der Waals surface area contributed by atoms with Crippen LogP contribution in [-0.4, -0.2) is 56.7 Å². The first-order valence-electron chi connectivity index (χ1n) is 3.52. The predicted molar refractivity (Wildman–Crippen MR) is 43.7 cm³/mol. The number of thioether (sulfide) groups is 1. The molecule has 1 fully saturated rings.